The van der Waals surface area contributed by atoms with E-state index in [0.717, 1.165) is 0 Å². The third-order valence-corrected chi connectivity index (χ3v) is 2.15. The highest BCUT2D eigenvalue weighted by Gasteiger charge is 2.15. The number of imidazole rings is 1. The van der Waals surface area contributed by atoms with Crippen LogP contribution in [0.15, 0.2) is 18.7 Å². The molecule has 0 saturated carbocycles. The Labute approximate surface area is 82.7 Å². The third kappa shape index (κ3) is 3.86. The van der Waals surface area contributed by atoms with Crippen molar-refractivity contribution in [1.82, 2.24) is 4.57 Å². The van der Waals surface area contributed by atoms with Crippen LogP contribution in [0.3, 0.4) is 0 Å². The minimum atomic E-state index is -4.36. The van der Waals surface area contributed by atoms with Crippen LogP contribution in [0.4, 0.5) is 0 Å². The molecule has 0 aromatic carbocycles. The molecule has 0 aliphatic carbocycles. The zero-order valence-corrected chi connectivity index (χ0v) is 8.81. The summed E-state index contributed by atoms with van der Waals surface area (Å²) in [6.07, 6.45) is 4.78. The van der Waals surface area contributed by atoms with Gasteiger partial charge in [-0.3, -0.25) is 4.55 Å². The SMILES string of the molecule is C[C@@H](Cn1cc[n+](C)c1)OS(=O)(=O)O. The normalized spacial score (nSPS) is 14.2. The maximum Gasteiger partial charge on any atom is 0.397 e. The average Bonchev–Trinajstić information content (AvgIpc) is 2.30. The quantitative estimate of drug-likeness (QED) is 0.550. The van der Waals surface area contributed by atoms with Gasteiger partial charge in [0.25, 0.3) is 0 Å². The first-order valence-electron chi connectivity index (χ1n) is 4.03. The Hall–Kier alpha value is -0.920. The third-order valence-electron chi connectivity index (χ3n) is 1.58. The van der Waals surface area contributed by atoms with Crippen molar-refractivity contribution in [1.29, 1.82) is 0 Å². The molecule has 1 aromatic rings. The van der Waals surface area contributed by atoms with Gasteiger partial charge >= 0.3 is 10.4 Å². The Balaban J connectivity index is 2.53. The van der Waals surface area contributed by atoms with Crippen LogP contribution >= 0.6 is 0 Å². The van der Waals surface area contributed by atoms with Gasteiger partial charge in [0.15, 0.2) is 0 Å². The highest BCUT2D eigenvalue weighted by atomic mass is 32.3. The molecule has 0 aliphatic rings. The lowest BCUT2D eigenvalue weighted by Gasteiger charge is -2.06. The van der Waals surface area contributed by atoms with Gasteiger partial charge in [0.05, 0.1) is 7.05 Å². The lowest BCUT2D eigenvalue weighted by atomic mass is 10.4. The van der Waals surface area contributed by atoms with Crippen LogP contribution < -0.4 is 4.57 Å². The van der Waals surface area contributed by atoms with Gasteiger partial charge < -0.3 is 0 Å². The lowest BCUT2D eigenvalue weighted by molar-refractivity contribution is -0.671. The van der Waals surface area contributed by atoms with Crippen LogP contribution in [-0.4, -0.2) is 23.6 Å². The van der Waals surface area contributed by atoms with Crippen molar-refractivity contribution < 1.29 is 21.7 Å². The first-order valence-corrected chi connectivity index (χ1v) is 5.40. The maximum absolute atomic E-state index is 10.4. The number of hydrogen-bond acceptors (Lipinski definition) is 3. The molecule has 80 valence electrons. The minimum Gasteiger partial charge on any atom is -0.264 e. The molecule has 0 fully saturated rings. The number of hydrogen-bond donors (Lipinski definition) is 1. The topological polar surface area (TPSA) is 72.4 Å². The maximum atomic E-state index is 10.4. The van der Waals surface area contributed by atoms with Crippen molar-refractivity contribution in [3.05, 3.63) is 18.7 Å². The molecular weight excluding hydrogens is 208 g/mol. The number of rotatable bonds is 4. The molecule has 1 N–H and O–H groups in total. The molecule has 14 heavy (non-hydrogen) atoms. The summed E-state index contributed by atoms with van der Waals surface area (Å²) in [4.78, 5) is 0. The fourth-order valence-corrected chi connectivity index (χ4v) is 1.62. The second-order valence-electron chi connectivity index (χ2n) is 3.11. The van der Waals surface area contributed by atoms with E-state index in [0.29, 0.717) is 6.54 Å². The lowest BCUT2D eigenvalue weighted by Crippen LogP contribution is -2.25. The summed E-state index contributed by atoms with van der Waals surface area (Å²) >= 11 is 0. The summed E-state index contributed by atoms with van der Waals surface area (Å²) in [6, 6.07) is 0. The Kier molecular flexibility index (Phi) is 3.25. The standard InChI is InChI=1S/C7H12N2O4S/c1-7(13-14(10,11)12)5-9-4-3-8(2)6-9/h3-4,6-7H,5H2,1-2H3/p+1/t7-/m0/s1. The zero-order chi connectivity index (χ0) is 10.8. The van der Waals surface area contributed by atoms with Gasteiger partial charge in [-0.05, 0) is 6.92 Å². The molecule has 1 aromatic heterocycles. The molecule has 0 bridgehead atoms. The van der Waals surface area contributed by atoms with Crippen LogP contribution in [0, 0.1) is 0 Å². The molecule has 0 unspecified atom stereocenters. The molecule has 1 rings (SSSR count). The van der Waals surface area contributed by atoms with E-state index < -0.39 is 16.5 Å². The summed E-state index contributed by atoms with van der Waals surface area (Å²) in [7, 11) is -2.50. The van der Waals surface area contributed by atoms with Gasteiger partial charge in [-0.25, -0.2) is 13.3 Å². The molecular formula is C7H13N2O4S+. The van der Waals surface area contributed by atoms with E-state index in [1.165, 1.54) is 0 Å². The van der Waals surface area contributed by atoms with Crippen molar-refractivity contribution in [3.63, 3.8) is 0 Å². The van der Waals surface area contributed by atoms with Crippen LogP contribution in [-0.2, 0) is 28.2 Å². The van der Waals surface area contributed by atoms with E-state index in [2.05, 4.69) is 4.18 Å². The molecule has 0 saturated heterocycles. The van der Waals surface area contributed by atoms with Gasteiger partial charge in [0, 0.05) is 0 Å². The van der Waals surface area contributed by atoms with Crippen LogP contribution in [0.1, 0.15) is 6.92 Å². The summed E-state index contributed by atoms with van der Waals surface area (Å²) in [6.45, 7) is 1.92. The van der Waals surface area contributed by atoms with E-state index in [1.54, 1.807) is 24.0 Å². The van der Waals surface area contributed by atoms with Gasteiger partial charge in [0.1, 0.15) is 25.0 Å². The van der Waals surface area contributed by atoms with Crippen LogP contribution in [0.2, 0.25) is 0 Å². The first-order chi connectivity index (χ1) is 6.37. The predicted octanol–water partition coefficient (Wildman–Crippen LogP) is -0.479. The molecule has 0 aliphatic heterocycles. The smallest absolute Gasteiger partial charge is 0.264 e. The van der Waals surface area contributed by atoms with Crippen molar-refractivity contribution in [2.75, 3.05) is 0 Å². The van der Waals surface area contributed by atoms with Crippen LogP contribution in [0.5, 0.6) is 0 Å². The molecule has 1 heterocycles. The highest BCUT2D eigenvalue weighted by Crippen LogP contribution is 1.99. The summed E-state index contributed by atoms with van der Waals surface area (Å²) < 4.78 is 37.0. The molecule has 0 spiro atoms. The van der Waals surface area contributed by atoms with E-state index in [1.807, 2.05) is 17.8 Å². The van der Waals surface area contributed by atoms with Gasteiger partial charge in [-0.15, -0.1) is 0 Å². The largest absolute Gasteiger partial charge is 0.397 e. The molecule has 0 radical (unpaired) electrons. The van der Waals surface area contributed by atoms with E-state index in [-0.39, 0.29) is 0 Å². The summed E-state index contributed by atoms with van der Waals surface area (Å²) in [5.74, 6) is 0. The molecule has 6 nitrogen and oxygen atoms in total. The van der Waals surface area contributed by atoms with Crippen molar-refractivity contribution >= 4 is 10.4 Å². The van der Waals surface area contributed by atoms with Crippen LogP contribution in [0.25, 0.3) is 0 Å². The van der Waals surface area contributed by atoms with E-state index in [4.69, 9.17) is 4.55 Å². The van der Waals surface area contributed by atoms with E-state index >= 15 is 0 Å². The number of aromatic nitrogens is 2. The van der Waals surface area contributed by atoms with E-state index in [9.17, 15) is 8.42 Å². The summed E-state index contributed by atoms with van der Waals surface area (Å²) in [5, 5.41) is 0. The second kappa shape index (κ2) is 4.07. The monoisotopic (exact) mass is 221 g/mol. The Morgan fingerprint density at radius 3 is 2.71 bits per heavy atom. The fraction of sp³-hybridized carbons (Fsp3) is 0.571. The molecule has 1 atom stereocenters. The Morgan fingerprint density at radius 1 is 1.64 bits per heavy atom. The average molecular weight is 221 g/mol. The number of aryl methyl sites for hydroxylation is 1. The summed E-state index contributed by atoms with van der Waals surface area (Å²) in [5.41, 5.74) is 0. The molecule has 0 amide bonds. The zero-order valence-electron chi connectivity index (χ0n) is 7.99. The van der Waals surface area contributed by atoms with Gasteiger partial charge in [0.2, 0.25) is 6.33 Å². The van der Waals surface area contributed by atoms with Crippen molar-refractivity contribution in [2.24, 2.45) is 7.05 Å². The second-order valence-corrected chi connectivity index (χ2v) is 4.16. The van der Waals surface area contributed by atoms with Crippen molar-refractivity contribution in [2.45, 2.75) is 19.6 Å². The minimum absolute atomic E-state index is 0.362. The van der Waals surface area contributed by atoms with Gasteiger partial charge in [-0.2, -0.15) is 8.42 Å². The Bertz CT molecular complexity index is 398. The first kappa shape index (κ1) is 11.2. The highest BCUT2D eigenvalue weighted by molar-refractivity contribution is 7.80. The fourth-order valence-electron chi connectivity index (χ4n) is 1.14. The number of nitrogens with zero attached hydrogens (tertiary/aromatic N) is 2. The predicted molar refractivity (Wildman–Crippen MR) is 47.7 cm³/mol. The van der Waals surface area contributed by atoms with Crippen molar-refractivity contribution in [3.8, 4) is 0 Å². The van der Waals surface area contributed by atoms with Gasteiger partial charge in [-0.1, -0.05) is 0 Å². The Morgan fingerprint density at radius 2 is 2.29 bits per heavy atom. The molecule has 7 heteroatoms.